The van der Waals surface area contributed by atoms with Crippen LogP contribution in [-0.2, 0) is 19.4 Å². The molecule has 1 fully saturated rings. The molecule has 23 heavy (non-hydrogen) atoms. The van der Waals surface area contributed by atoms with E-state index in [2.05, 4.69) is 62.6 Å². The Hall–Kier alpha value is -0.860. The molecule has 0 spiro atoms. The Morgan fingerprint density at radius 1 is 0.870 bits per heavy atom. The van der Waals surface area contributed by atoms with Gasteiger partial charge in [0.2, 0.25) is 0 Å². The van der Waals surface area contributed by atoms with Crippen molar-refractivity contribution >= 4 is 0 Å². The molecule has 2 heteroatoms. The molecule has 2 nitrogen and oxygen atoms in total. The second kappa shape index (κ2) is 6.22. The highest BCUT2D eigenvalue weighted by Crippen LogP contribution is 2.29. The Kier molecular flexibility index (Phi) is 4.59. The molecule has 0 unspecified atom stereocenters. The molecule has 1 aromatic carbocycles. The van der Waals surface area contributed by atoms with Gasteiger partial charge in [-0.25, -0.2) is 0 Å². The first-order chi connectivity index (χ1) is 10.8. The molecule has 1 saturated heterocycles. The zero-order chi connectivity index (χ0) is 16.7. The minimum absolute atomic E-state index is 0.266. The summed E-state index contributed by atoms with van der Waals surface area (Å²) in [5.41, 5.74) is 5.18. The Morgan fingerprint density at radius 3 is 2.22 bits per heavy atom. The van der Waals surface area contributed by atoms with Gasteiger partial charge < -0.3 is 0 Å². The first kappa shape index (κ1) is 17.0. The maximum atomic E-state index is 2.67. The highest BCUT2D eigenvalue weighted by atomic mass is 15.2. The van der Waals surface area contributed by atoms with Crippen LogP contribution in [0.3, 0.4) is 0 Å². The third-order valence-corrected chi connectivity index (χ3v) is 5.83. The average Bonchev–Trinajstić information content (AvgIpc) is 3.00. The van der Waals surface area contributed by atoms with Gasteiger partial charge in [-0.15, -0.1) is 0 Å². The Morgan fingerprint density at radius 2 is 1.57 bits per heavy atom. The fourth-order valence-electron chi connectivity index (χ4n) is 4.23. The number of benzene rings is 1. The molecule has 0 saturated carbocycles. The molecule has 2 aliphatic heterocycles. The number of likely N-dealkylation sites (tertiary alicyclic amines) is 1. The third kappa shape index (κ3) is 3.80. The molecule has 1 aromatic rings. The maximum absolute atomic E-state index is 2.67. The normalized spacial score (nSPS) is 20.7. The van der Waals surface area contributed by atoms with Gasteiger partial charge in [0.1, 0.15) is 0 Å². The van der Waals surface area contributed by atoms with Crippen LogP contribution >= 0.6 is 0 Å². The van der Waals surface area contributed by atoms with Crippen LogP contribution in [0.25, 0.3) is 0 Å². The number of hydrogen-bond donors (Lipinski definition) is 0. The molecule has 0 aliphatic carbocycles. The van der Waals surface area contributed by atoms with E-state index in [9.17, 15) is 0 Å². The topological polar surface area (TPSA) is 6.48 Å². The van der Waals surface area contributed by atoms with E-state index in [1.807, 2.05) is 0 Å². The Bertz CT molecular complexity index is 547. The van der Waals surface area contributed by atoms with Gasteiger partial charge in [-0.05, 0) is 90.1 Å². The van der Waals surface area contributed by atoms with E-state index in [1.165, 1.54) is 44.5 Å². The van der Waals surface area contributed by atoms with Gasteiger partial charge in [0.05, 0.1) is 0 Å². The lowest BCUT2D eigenvalue weighted by atomic mass is 9.89. The molecule has 0 amide bonds. The lowest BCUT2D eigenvalue weighted by molar-refractivity contribution is 0.120. The maximum Gasteiger partial charge on any atom is 0.0241 e. The number of fused-ring (bicyclic) bond motifs is 1. The summed E-state index contributed by atoms with van der Waals surface area (Å²) < 4.78 is 0. The summed E-state index contributed by atoms with van der Waals surface area (Å²) in [7, 11) is 0. The molecule has 0 atom stereocenters. The quantitative estimate of drug-likeness (QED) is 0.822. The van der Waals surface area contributed by atoms with Crippen LogP contribution < -0.4 is 0 Å². The van der Waals surface area contributed by atoms with E-state index in [4.69, 9.17) is 0 Å². The minimum Gasteiger partial charge on any atom is -0.298 e. The van der Waals surface area contributed by atoms with Crippen LogP contribution in [0.2, 0.25) is 0 Å². The second-order valence-electron chi connectivity index (χ2n) is 9.13. The van der Waals surface area contributed by atoms with Crippen molar-refractivity contribution in [3.05, 3.63) is 34.9 Å². The number of hydrogen-bond acceptors (Lipinski definition) is 2. The number of nitrogens with zero attached hydrogens (tertiary/aromatic N) is 2. The second-order valence-corrected chi connectivity index (χ2v) is 9.13. The van der Waals surface area contributed by atoms with Gasteiger partial charge >= 0.3 is 0 Å². The van der Waals surface area contributed by atoms with Crippen LogP contribution in [0.1, 0.15) is 64.2 Å². The fourth-order valence-corrected chi connectivity index (χ4v) is 4.23. The van der Waals surface area contributed by atoms with E-state index in [-0.39, 0.29) is 11.1 Å². The van der Waals surface area contributed by atoms with E-state index >= 15 is 0 Å². The van der Waals surface area contributed by atoms with Crippen LogP contribution in [0, 0.1) is 0 Å². The zero-order valence-electron chi connectivity index (χ0n) is 15.8. The first-order valence-corrected chi connectivity index (χ1v) is 9.36. The van der Waals surface area contributed by atoms with Crippen molar-refractivity contribution in [2.75, 3.05) is 19.6 Å². The molecule has 0 N–H and O–H groups in total. The molecule has 0 aromatic heterocycles. The summed E-state index contributed by atoms with van der Waals surface area (Å²) in [6.07, 6.45) is 5.10. The lowest BCUT2D eigenvalue weighted by Crippen LogP contribution is -2.44. The highest BCUT2D eigenvalue weighted by Gasteiger charge is 2.30. The van der Waals surface area contributed by atoms with E-state index < -0.39 is 0 Å². The number of rotatable bonds is 3. The zero-order valence-corrected chi connectivity index (χ0v) is 15.8. The smallest absolute Gasteiger partial charge is 0.0241 e. The van der Waals surface area contributed by atoms with Crippen molar-refractivity contribution in [1.29, 1.82) is 0 Å². The lowest BCUT2D eigenvalue weighted by Gasteiger charge is -2.40. The molecule has 3 rings (SSSR count). The van der Waals surface area contributed by atoms with Crippen LogP contribution in [0.5, 0.6) is 0 Å². The van der Waals surface area contributed by atoms with Crippen LogP contribution in [-0.4, -0.2) is 40.5 Å². The Balaban J connectivity index is 1.75. The van der Waals surface area contributed by atoms with Crippen molar-refractivity contribution in [3.8, 4) is 0 Å². The fraction of sp³-hybridized carbons (Fsp3) is 0.714. The van der Waals surface area contributed by atoms with E-state index in [0.717, 1.165) is 13.0 Å². The van der Waals surface area contributed by atoms with Gasteiger partial charge in [-0.2, -0.15) is 0 Å². The van der Waals surface area contributed by atoms with Crippen molar-refractivity contribution in [3.63, 3.8) is 0 Å². The minimum atomic E-state index is 0.266. The third-order valence-electron chi connectivity index (χ3n) is 5.83. The average molecular weight is 315 g/mol. The van der Waals surface area contributed by atoms with Crippen molar-refractivity contribution in [2.45, 2.75) is 77.9 Å². The first-order valence-electron chi connectivity index (χ1n) is 9.36. The summed E-state index contributed by atoms with van der Waals surface area (Å²) >= 11 is 0. The summed E-state index contributed by atoms with van der Waals surface area (Å²) in [6.45, 7) is 16.7. The summed E-state index contributed by atoms with van der Waals surface area (Å²) in [6, 6.07) is 7.26. The highest BCUT2D eigenvalue weighted by molar-refractivity contribution is 5.35. The van der Waals surface area contributed by atoms with Crippen molar-refractivity contribution < 1.29 is 0 Å². The largest absolute Gasteiger partial charge is 0.298 e. The molecule has 2 aliphatic rings. The molecular weight excluding hydrogens is 280 g/mol. The molecule has 0 radical (unpaired) electrons. The predicted octanol–water partition coefficient (Wildman–Crippen LogP) is 4.26. The summed E-state index contributed by atoms with van der Waals surface area (Å²) in [5.74, 6) is 0. The summed E-state index contributed by atoms with van der Waals surface area (Å²) in [5, 5.41) is 0. The van der Waals surface area contributed by atoms with Crippen molar-refractivity contribution in [2.24, 2.45) is 0 Å². The van der Waals surface area contributed by atoms with Crippen LogP contribution in [0.15, 0.2) is 18.2 Å². The molecule has 128 valence electrons. The van der Waals surface area contributed by atoms with E-state index in [1.54, 1.807) is 11.1 Å². The predicted molar refractivity (Wildman–Crippen MR) is 98.9 cm³/mol. The van der Waals surface area contributed by atoms with E-state index in [0.29, 0.717) is 0 Å². The van der Waals surface area contributed by atoms with Gasteiger partial charge in [0.15, 0.2) is 0 Å². The standard InChI is InChI=1S/C21H34N2/c1-20(2,3)23-13-10-18-9-8-17(14-19(18)16-23)15-21(4,5)22-11-6-7-12-22/h8-9,14H,6-7,10-13,15-16H2,1-5H3. The monoisotopic (exact) mass is 314 g/mol. The van der Waals surface area contributed by atoms with Crippen LogP contribution in [0.4, 0.5) is 0 Å². The molecule has 0 bridgehead atoms. The summed E-state index contributed by atoms with van der Waals surface area (Å²) in [4.78, 5) is 5.29. The molecular formula is C21H34N2. The van der Waals surface area contributed by atoms with Crippen molar-refractivity contribution in [1.82, 2.24) is 9.80 Å². The molecule has 2 heterocycles. The SMILES string of the molecule is CC(C)(C)N1CCc2ccc(CC(C)(C)N3CCCC3)cc2C1. The van der Waals surface area contributed by atoms with Gasteiger partial charge in [-0.1, -0.05) is 18.2 Å². The Labute approximate surface area is 142 Å². The van der Waals surface area contributed by atoms with Gasteiger partial charge in [0, 0.05) is 24.2 Å². The van der Waals surface area contributed by atoms with Gasteiger partial charge in [-0.3, -0.25) is 9.80 Å². The van der Waals surface area contributed by atoms with Gasteiger partial charge in [0.25, 0.3) is 0 Å².